The van der Waals surface area contributed by atoms with Gasteiger partial charge in [0.15, 0.2) is 0 Å². The van der Waals surface area contributed by atoms with Gasteiger partial charge in [-0.15, -0.1) is 0 Å². The molecule has 158 valence electrons. The number of hydrogen-bond donors (Lipinski definition) is 1. The number of nitrogens with zero attached hydrogens (tertiary/aromatic N) is 2. The number of rotatable bonds is 4. The summed E-state index contributed by atoms with van der Waals surface area (Å²) in [7, 11) is 0. The van der Waals surface area contributed by atoms with E-state index < -0.39 is 0 Å². The highest BCUT2D eigenvalue weighted by Crippen LogP contribution is 2.29. The summed E-state index contributed by atoms with van der Waals surface area (Å²) in [5, 5.41) is 2.63. The Morgan fingerprint density at radius 3 is 2.39 bits per heavy atom. The Labute approximate surface area is 181 Å². The van der Waals surface area contributed by atoms with E-state index in [0.29, 0.717) is 5.56 Å². The first-order chi connectivity index (χ1) is 15.1. The van der Waals surface area contributed by atoms with Crippen molar-refractivity contribution >= 4 is 27.7 Å². The molecular formula is C26H27FN3O+. The molecule has 0 unspecified atom stereocenters. The quantitative estimate of drug-likeness (QED) is 0.542. The molecule has 1 aliphatic rings. The van der Waals surface area contributed by atoms with Crippen LogP contribution in [0.25, 0.3) is 21.8 Å². The van der Waals surface area contributed by atoms with Gasteiger partial charge in [-0.2, -0.15) is 0 Å². The Morgan fingerprint density at radius 2 is 1.65 bits per heavy atom. The van der Waals surface area contributed by atoms with Crippen LogP contribution in [-0.2, 0) is 13.1 Å². The molecule has 1 fully saturated rings. The van der Waals surface area contributed by atoms with Gasteiger partial charge in [-0.1, -0.05) is 24.3 Å². The van der Waals surface area contributed by atoms with E-state index in [1.807, 2.05) is 4.90 Å². The zero-order chi connectivity index (χ0) is 21.4. The Balaban J connectivity index is 1.29. The lowest BCUT2D eigenvalue weighted by Gasteiger charge is -2.32. The van der Waals surface area contributed by atoms with Crippen molar-refractivity contribution in [3.63, 3.8) is 0 Å². The third kappa shape index (κ3) is 3.70. The Morgan fingerprint density at radius 1 is 0.935 bits per heavy atom. The third-order valence-electron chi connectivity index (χ3n) is 6.46. The summed E-state index contributed by atoms with van der Waals surface area (Å²) in [6.45, 7) is 7.39. The number of halogens is 1. The molecule has 0 radical (unpaired) electrons. The monoisotopic (exact) mass is 416 g/mol. The van der Waals surface area contributed by atoms with Gasteiger partial charge in [-0.05, 0) is 49.4 Å². The molecule has 3 aromatic carbocycles. The van der Waals surface area contributed by atoms with Gasteiger partial charge < -0.3 is 14.4 Å². The summed E-state index contributed by atoms with van der Waals surface area (Å²) >= 11 is 0. The molecule has 0 saturated carbocycles. The maximum absolute atomic E-state index is 13.1. The molecule has 0 atom stereocenters. The van der Waals surface area contributed by atoms with Crippen molar-refractivity contribution in [1.82, 2.24) is 9.47 Å². The van der Waals surface area contributed by atoms with Crippen LogP contribution in [-0.4, -0.2) is 41.6 Å². The van der Waals surface area contributed by atoms with Crippen molar-refractivity contribution in [2.24, 2.45) is 0 Å². The number of hydrogen-bond acceptors (Lipinski definition) is 1. The van der Waals surface area contributed by atoms with Gasteiger partial charge in [0.2, 0.25) is 0 Å². The molecule has 31 heavy (non-hydrogen) atoms. The second kappa shape index (κ2) is 8.16. The highest BCUT2D eigenvalue weighted by molar-refractivity contribution is 6.08. The van der Waals surface area contributed by atoms with E-state index in [0.717, 1.165) is 39.3 Å². The molecular weight excluding hydrogens is 389 g/mol. The van der Waals surface area contributed by atoms with Gasteiger partial charge in [0, 0.05) is 39.5 Å². The number of aromatic nitrogens is 1. The second-order valence-corrected chi connectivity index (χ2v) is 8.34. The zero-order valence-corrected chi connectivity index (χ0v) is 17.8. The zero-order valence-electron chi connectivity index (χ0n) is 17.8. The third-order valence-corrected chi connectivity index (χ3v) is 6.46. The molecule has 2 heterocycles. The minimum atomic E-state index is -0.315. The summed E-state index contributed by atoms with van der Waals surface area (Å²) in [5.41, 5.74) is 4.47. The predicted octanol–water partition coefficient (Wildman–Crippen LogP) is 3.49. The van der Waals surface area contributed by atoms with Gasteiger partial charge in [-0.3, -0.25) is 4.79 Å². The van der Waals surface area contributed by atoms with Crippen LogP contribution >= 0.6 is 0 Å². The first-order valence-corrected chi connectivity index (χ1v) is 11.0. The van der Waals surface area contributed by atoms with E-state index in [2.05, 4.69) is 54.0 Å². The van der Waals surface area contributed by atoms with Crippen molar-refractivity contribution in [1.29, 1.82) is 0 Å². The van der Waals surface area contributed by atoms with Crippen molar-refractivity contribution in [3.05, 3.63) is 83.7 Å². The maximum atomic E-state index is 13.1. The normalized spacial score (nSPS) is 15.1. The van der Waals surface area contributed by atoms with Crippen LogP contribution in [0.4, 0.5) is 4.39 Å². The van der Waals surface area contributed by atoms with E-state index in [4.69, 9.17) is 0 Å². The SMILES string of the molecule is CCn1c2ccccc2c2cc(C[NH+]3CCN(C(=O)c4ccc(F)cc4)CC3)ccc21. The Bertz CT molecular complexity index is 1240. The lowest BCUT2D eigenvalue weighted by Crippen LogP contribution is -3.13. The lowest BCUT2D eigenvalue weighted by atomic mass is 10.1. The van der Waals surface area contributed by atoms with Crippen molar-refractivity contribution < 1.29 is 14.1 Å². The van der Waals surface area contributed by atoms with Gasteiger partial charge >= 0.3 is 0 Å². The lowest BCUT2D eigenvalue weighted by molar-refractivity contribution is -0.917. The van der Waals surface area contributed by atoms with E-state index in [-0.39, 0.29) is 11.7 Å². The van der Waals surface area contributed by atoms with Crippen molar-refractivity contribution in [2.45, 2.75) is 20.0 Å². The summed E-state index contributed by atoms with van der Waals surface area (Å²) in [5.74, 6) is -0.322. The number of piperazine rings is 1. The molecule has 1 aromatic heterocycles. The Kier molecular flexibility index (Phi) is 5.20. The van der Waals surface area contributed by atoms with Gasteiger partial charge in [0.05, 0.1) is 26.2 Å². The highest BCUT2D eigenvalue weighted by Gasteiger charge is 2.25. The van der Waals surface area contributed by atoms with E-state index in [9.17, 15) is 9.18 Å². The first-order valence-electron chi connectivity index (χ1n) is 11.0. The van der Waals surface area contributed by atoms with Crippen LogP contribution in [0.5, 0.6) is 0 Å². The van der Waals surface area contributed by atoms with Crippen LogP contribution in [0.15, 0.2) is 66.7 Å². The fraction of sp³-hybridized carbons (Fsp3) is 0.269. The largest absolute Gasteiger partial charge is 0.341 e. The number of carbonyl (C=O) groups is 1. The first kappa shape index (κ1) is 19.8. The average Bonchev–Trinajstić information content (AvgIpc) is 3.13. The van der Waals surface area contributed by atoms with Gasteiger partial charge in [-0.25, -0.2) is 4.39 Å². The van der Waals surface area contributed by atoms with Crippen LogP contribution in [0.3, 0.4) is 0 Å². The van der Waals surface area contributed by atoms with E-state index >= 15 is 0 Å². The summed E-state index contributed by atoms with van der Waals surface area (Å²) in [6.07, 6.45) is 0. The number of nitrogens with one attached hydrogen (secondary N) is 1. The average molecular weight is 417 g/mol. The fourth-order valence-electron chi connectivity index (χ4n) is 4.82. The molecule has 1 aliphatic heterocycles. The van der Waals surface area contributed by atoms with Gasteiger partial charge in [0.1, 0.15) is 12.4 Å². The van der Waals surface area contributed by atoms with Crippen LogP contribution in [0.2, 0.25) is 0 Å². The number of benzene rings is 3. The van der Waals surface area contributed by atoms with Crippen LogP contribution in [0.1, 0.15) is 22.8 Å². The standard InChI is InChI=1S/C26H26FN3O/c1-2-30-24-6-4-3-5-22(24)23-17-19(7-12-25(23)30)18-28-13-15-29(16-14-28)26(31)20-8-10-21(27)11-9-20/h3-12,17H,2,13-16,18H2,1H3/p+1. The van der Waals surface area contributed by atoms with E-state index in [1.165, 1.54) is 44.4 Å². The summed E-state index contributed by atoms with van der Waals surface area (Å²) < 4.78 is 15.5. The Hall–Kier alpha value is -3.18. The number of aryl methyl sites for hydroxylation is 1. The smallest absolute Gasteiger partial charge is 0.254 e. The molecule has 5 rings (SSSR count). The van der Waals surface area contributed by atoms with Crippen LogP contribution < -0.4 is 4.90 Å². The summed E-state index contributed by atoms with van der Waals surface area (Å²) in [6, 6.07) is 21.3. The minimum Gasteiger partial charge on any atom is -0.341 e. The van der Waals surface area contributed by atoms with Gasteiger partial charge in [0.25, 0.3) is 5.91 Å². The highest BCUT2D eigenvalue weighted by atomic mass is 19.1. The summed E-state index contributed by atoms with van der Waals surface area (Å²) in [4.78, 5) is 16.0. The van der Waals surface area contributed by atoms with Crippen molar-refractivity contribution in [3.8, 4) is 0 Å². The van der Waals surface area contributed by atoms with E-state index in [1.54, 1.807) is 12.1 Å². The molecule has 4 aromatic rings. The molecule has 0 bridgehead atoms. The van der Waals surface area contributed by atoms with Crippen molar-refractivity contribution in [2.75, 3.05) is 26.2 Å². The molecule has 1 N–H and O–H groups in total. The topological polar surface area (TPSA) is 29.7 Å². The predicted molar refractivity (Wildman–Crippen MR) is 122 cm³/mol. The minimum absolute atomic E-state index is 0.00663. The van der Waals surface area contributed by atoms with Crippen LogP contribution in [0, 0.1) is 5.82 Å². The molecule has 1 saturated heterocycles. The molecule has 5 heteroatoms. The molecule has 0 aliphatic carbocycles. The number of carbonyl (C=O) groups excluding carboxylic acids is 1. The fourth-order valence-corrected chi connectivity index (χ4v) is 4.82. The number of quaternary nitrogens is 1. The maximum Gasteiger partial charge on any atom is 0.254 e. The molecule has 4 nitrogen and oxygen atoms in total. The second-order valence-electron chi connectivity index (χ2n) is 8.34. The number of para-hydroxylation sites is 1. The number of fused-ring (bicyclic) bond motifs is 3. The molecule has 1 amide bonds. The number of amides is 1. The molecule has 0 spiro atoms.